The summed E-state index contributed by atoms with van der Waals surface area (Å²) in [6, 6.07) is 0. The zero-order valence-corrected chi connectivity index (χ0v) is 8.08. The van der Waals surface area contributed by atoms with Crippen molar-refractivity contribution in [1.29, 1.82) is 0 Å². The highest BCUT2D eigenvalue weighted by molar-refractivity contribution is 5.72. The lowest BCUT2D eigenvalue weighted by molar-refractivity contribution is -0.147. The normalized spacial score (nSPS) is 37.5. The molecule has 2 fully saturated rings. The van der Waals surface area contributed by atoms with Crippen LogP contribution in [0.5, 0.6) is 0 Å². The number of hydrogen-bond acceptors (Lipinski definition) is 3. The fourth-order valence-electron chi connectivity index (χ4n) is 2.62. The lowest BCUT2D eigenvalue weighted by Gasteiger charge is -2.09. The lowest BCUT2D eigenvalue weighted by Crippen LogP contribution is -2.19. The summed E-state index contributed by atoms with van der Waals surface area (Å²) in [6.07, 6.45) is 2.08. The number of fused-ring (bicyclic) bond motifs is 1. The molecule has 13 heavy (non-hydrogen) atoms. The number of ether oxygens (including phenoxy) is 1. The van der Waals surface area contributed by atoms with Crippen molar-refractivity contribution in [1.82, 2.24) is 5.32 Å². The van der Waals surface area contributed by atoms with E-state index in [1.807, 2.05) is 6.92 Å². The Morgan fingerprint density at radius 3 is 2.54 bits per heavy atom. The first-order chi connectivity index (χ1) is 6.31. The molecule has 0 aromatic heterocycles. The van der Waals surface area contributed by atoms with Gasteiger partial charge in [-0.05, 0) is 44.7 Å². The first-order valence-corrected chi connectivity index (χ1v) is 5.18. The summed E-state index contributed by atoms with van der Waals surface area (Å²) in [5.41, 5.74) is 0. The van der Waals surface area contributed by atoms with E-state index in [9.17, 15) is 4.79 Å². The van der Waals surface area contributed by atoms with Crippen LogP contribution in [0.3, 0.4) is 0 Å². The molecule has 2 aliphatic rings. The minimum Gasteiger partial charge on any atom is -0.466 e. The van der Waals surface area contributed by atoms with E-state index < -0.39 is 0 Å². The Kier molecular flexibility index (Phi) is 2.54. The van der Waals surface area contributed by atoms with E-state index in [2.05, 4.69) is 5.32 Å². The maximum absolute atomic E-state index is 11.4. The number of nitrogens with one attached hydrogen (secondary N) is 1. The third-order valence-corrected chi connectivity index (χ3v) is 3.27. The number of hydrogen-bond donors (Lipinski definition) is 1. The largest absolute Gasteiger partial charge is 0.466 e. The highest BCUT2D eigenvalue weighted by atomic mass is 16.5. The van der Waals surface area contributed by atoms with Crippen molar-refractivity contribution < 1.29 is 9.53 Å². The Bertz CT molecular complexity index is 193. The summed E-state index contributed by atoms with van der Waals surface area (Å²) in [5, 5.41) is 3.36. The monoisotopic (exact) mass is 183 g/mol. The number of esters is 1. The summed E-state index contributed by atoms with van der Waals surface area (Å²) < 4.78 is 5.03. The van der Waals surface area contributed by atoms with E-state index in [1.54, 1.807) is 0 Å². The third kappa shape index (κ3) is 1.70. The molecular weight excluding hydrogens is 166 g/mol. The second kappa shape index (κ2) is 3.66. The summed E-state index contributed by atoms with van der Waals surface area (Å²) in [6.45, 7) is 4.58. The highest BCUT2D eigenvalue weighted by Gasteiger charge is 2.40. The molecule has 3 atom stereocenters. The molecule has 1 aliphatic heterocycles. The molecule has 0 aromatic rings. The molecule has 1 N–H and O–H groups in total. The van der Waals surface area contributed by atoms with Gasteiger partial charge in [0.2, 0.25) is 0 Å². The fraction of sp³-hybridized carbons (Fsp3) is 0.900. The summed E-state index contributed by atoms with van der Waals surface area (Å²) in [5.74, 6) is 1.68. The van der Waals surface area contributed by atoms with Gasteiger partial charge in [-0.25, -0.2) is 0 Å². The van der Waals surface area contributed by atoms with Crippen LogP contribution in [0, 0.1) is 17.8 Å². The Labute approximate surface area is 78.8 Å². The van der Waals surface area contributed by atoms with Gasteiger partial charge in [0.25, 0.3) is 0 Å². The minimum absolute atomic E-state index is 0.0249. The van der Waals surface area contributed by atoms with Gasteiger partial charge in [0.05, 0.1) is 12.5 Å². The maximum atomic E-state index is 11.4. The maximum Gasteiger partial charge on any atom is 0.308 e. The van der Waals surface area contributed by atoms with E-state index in [0.29, 0.717) is 6.61 Å². The van der Waals surface area contributed by atoms with Crippen molar-refractivity contribution in [3.8, 4) is 0 Å². The van der Waals surface area contributed by atoms with Crippen LogP contribution in [-0.2, 0) is 9.53 Å². The smallest absolute Gasteiger partial charge is 0.308 e. The summed E-state index contributed by atoms with van der Waals surface area (Å²) >= 11 is 0. The van der Waals surface area contributed by atoms with Gasteiger partial charge in [-0.2, -0.15) is 0 Å². The standard InChI is InChI=1S/C10H17NO2/c1-2-13-10(12)7-3-8-5-11-6-9(8)4-7/h7-9,11H,2-6H2,1H3/t7?,8-,9+. The van der Waals surface area contributed by atoms with E-state index in [-0.39, 0.29) is 11.9 Å². The van der Waals surface area contributed by atoms with E-state index >= 15 is 0 Å². The molecule has 3 nitrogen and oxygen atoms in total. The fourth-order valence-corrected chi connectivity index (χ4v) is 2.62. The molecule has 0 aromatic carbocycles. The Hall–Kier alpha value is -0.570. The molecule has 0 radical (unpaired) electrons. The average molecular weight is 183 g/mol. The van der Waals surface area contributed by atoms with E-state index in [1.165, 1.54) is 0 Å². The van der Waals surface area contributed by atoms with Gasteiger partial charge in [0, 0.05) is 0 Å². The zero-order chi connectivity index (χ0) is 9.26. The van der Waals surface area contributed by atoms with Crippen molar-refractivity contribution in [2.75, 3.05) is 19.7 Å². The predicted molar refractivity (Wildman–Crippen MR) is 49.2 cm³/mol. The molecule has 1 heterocycles. The Balaban J connectivity index is 1.87. The number of carbonyl (C=O) groups excluding carboxylic acids is 1. The van der Waals surface area contributed by atoms with Crippen molar-refractivity contribution >= 4 is 5.97 Å². The van der Waals surface area contributed by atoms with Gasteiger partial charge in [0.15, 0.2) is 0 Å². The van der Waals surface area contributed by atoms with Crippen LogP contribution in [0.2, 0.25) is 0 Å². The van der Waals surface area contributed by atoms with Crippen molar-refractivity contribution in [2.24, 2.45) is 17.8 Å². The second-order valence-electron chi connectivity index (χ2n) is 4.10. The zero-order valence-electron chi connectivity index (χ0n) is 8.08. The van der Waals surface area contributed by atoms with Gasteiger partial charge < -0.3 is 10.1 Å². The third-order valence-electron chi connectivity index (χ3n) is 3.27. The predicted octanol–water partition coefficient (Wildman–Crippen LogP) is 0.795. The van der Waals surface area contributed by atoms with Gasteiger partial charge >= 0.3 is 5.97 Å². The summed E-state index contributed by atoms with van der Waals surface area (Å²) in [4.78, 5) is 11.4. The van der Waals surface area contributed by atoms with Crippen molar-refractivity contribution in [3.05, 3.63) is 0 Å². The van der Waals surface area contributed by atoms with Crippen LogP contribution < -0.4 is 5.32 Å². The first kappa shape index (κ1) is 9.00. The molecule has 0 spiro atoms. The molecule has 3 heteroatoms. The van der Waals surface area contributed by atoms with Gasteiger partial charge in [0.1, 0.15) is 0 Å². The molecule has 74 valence electrons. The van der Waals surface area contributed by atoms with Gasteiger partial charge in [-0.1, -0.05) is 0 Å². The molecule has 0 bridgehead atoms. The van der Waals surface area contributed by atoms with Crippen LogP contribution in [0.4, 0.5) is 0 Å². The van der Waals surface area contributed by atoms with Crippen molar-refractivity contribution in [3.63, 3.8) is 0 Å². The number of carbonyl (C=O) groups is 1. The van der Waals surface area contributed by atoms with Gasteiger partial charge in [-0.3, -0.25) is 4.79 Å². The molecule has 1 unspecified atom stereocenters. The average Bonchev–Trinajstić information content (AvgIpc) is 2.61. The van der Waals surface area contributed by atoms with E-state index in [4.69, 9.17) is 4.74 Å². The van der Waals surface area contributed by atoms with Crippen LogP contribution in [0.1, 0.15) is 19.8 Å². The lowest BCUT2D eigenvalue weighted by atomic mass is 10.0. The Morgan fingerprint density at radius 2 is 2.00 bits per heavy atom. The minimum atomic E-state index is 0.0249. The quantitative estimate of drug-likeness (QED) is 0.643. The van der Waals surface area contributed by atoms with Gasteiger partial charge in [-0.15, -0.1) is 0 Å². The Morgan fingerprint density at radius 1 is 1.38 bits per heavy atom. The summed E-state index contributed by atoms with van der Waals surface area (Å²) in [7, 11) is 0. The van der Waals surface area contributed by atoms with Crippen LogP contribution in [0.25, 0.3) is 0 Å². The molecule has 2 rings (SSSR count). The SMILES string of the molecule is CCOC(=O)C1C[C@H]2CNC[C@H]2C1. The van der Waals surface area contributed by atoms with Crippen LogP contribution in [0.15, 0.2) is 0 Å². The van der Waals surface area contributed by atoms with Crippen molar-refractivity contribution in [2.45, 2.75) is 19.8 Å². The molecule has 0 amide bonds. The highest BCUT2D eigenvalue weighted by Crippen LogP contribution is 2.38. The second-order valence-corrected chi connectivity index (χ2v) is 4.10. The molecule has 1 saturated heterocycles. The van der Waals surface area contributed by atoms with Crippen LogP contribution in [-0.4, -0.2) is 25.7 Å². The topological polar surface area (TPSA) is 38.3 Å². The molecule has 1 aliphatic carbocycles. The molecular formula is C10H17NO2. The molecule has 1 saturated carbocycles. The van der Waals surface area contributed by atoms with E-state index in [0.717, 1.165) is 37.8 Å². The van der Waals surface area contributed by atoms with Crippen LogP contribution >= 0.6 is 0 Å². The first-order valence-electron chi connectivity index (χ1n) is 5.18. The number of rotatable bonds is 2.